The van der Waals surface area contributed by atoms with Crippen molar-refractivity contribution in [2.24, 2.45) is 0 Å². The number of hydrogen-bond acceptors (Lipinski definition) is 3. The third-order valence-corrected chi connectivity index (χ3v) is 4.36. The molecule has 0 aromatic rings. The highest BCUT2D eigenvalue weighted by Crippen LogP contribution is 2.13. The van der Waals surface area contributed by atoms with E-state index in [2.05, 4.69) is 12.2 Å². The van der Waals surface area contributed by atoms with E-state index in [-0.39, 0.29) is 6.73 Å². The van der Waals surface area contributed by atoms with Crippen LogP contribution in [0, 0.1) is 0 Å². The summed E-state index contributed by atoms with van der Waals surface area (Å²) in [5.74, 6) is -0.653. The van der Waals surface area contributed by atoms with Crippen LogP contribution in [0.5, 0.6) is 0 Å². The molecule has 0 saturated heterocycles. The van der Waals surface area contributed by atoms with Gasteiger partial charge in [-0.05, 0) is 13.0 Å². The Morgan fingerprint density at radius 2 is 1.04 bits per heavy atom. The SMILES string of the molecule is CCCCCCCCCCCCCCCCCC(=O)O.CCNCO. The molecule has 0 bridgehead atoms. The smallest absolute Gasteiger partial charge is 0.303 e. The Kier molecular flexibility index (Phi) is 27.3. The first kappa shape index (κ1) is 26.6. The number of aliphatic carboxylic acids is 1. The van der Waals surface area contributed by atoms with Crippen LogP contribution in [0.2, 0.25) is 0 Å². The monoisotopic (exact) mass is 359 g/mol. The molecule has 3 N–H and O–H groups in total. The number of carboxylic acids is 1. The fourth-order valence-electron chi connectivity index (χ4n) is 2.76. The number of carbonyl (C=O) groups is 1. The number of carboxylic acid groups (broad SMARTS) is 1. The molecule has 0 spiro atoms. The summed E-state index contributed by atoms with van der Waals surface area (Å²) >= 11 is 0. The minimum Gasteiger partial charge on any atom is -0.481 e. The number of aliphatic hydroxyl groups excluding tert-OH is 1. The molecule has 0 heterocycles. The van der Waals surface area contributed by atoms with Gasteiger partial charge in [0.05, 0.1) is 6.73 Å². The molecule has 0 aromatic carbocycles. The summed E-state index contributed by atoms with van der Waals surface area (Å²) in [6.07, 6.45) is 20.2. The second kappa shape index (κ2) is 25.6. The molecule has 0 aromatic heterocycles. The predicted octanol–water partition coefficient (Wildman–Crippen LogP) is 5.88. The lowest BCUT2D eigenvalue weighted by Gasteiger charge is -2.03. The average molecular weight is 360 g/mol. The Labute approximate surface area is 156 Å². The Morgan fingerprint density at radius 1 is 0.680 bits per heavy atom. The van der Waals surface area contributed by atoms with Gasteiger partial charge in [0, 0.05) is 6.42 Å². The van der Waals surface area contributed by atoms with Crippen molar-refractivity contribution in [1.82, 2.24) is 5.32 Å². The topological polar surface area (TPSA) is 69.6 Å². The molecule has 4 heteroatoms. The van der Waals surface area contributed by atoms with Crippen LogP contribution in [0.25, 0.3) is 0 Å². The molecule has 25 heavy (non-hydrogen) atoms. The van der Waals surface area contributed by atoms with Crippen LogP contribution in [-0.2, 0) is 4.79 Å². The van der Waals surface area contributed by atoms with Gasteiger partial charge in [0.25, 0.3) is 0 Å². The third-order valence-electron chi connectivity index (χ3n) is 4.36. The molecule has 0 aliphatic heterocycles. The molecule has 0 amide bonds. The highest BCUT2D eigenvalue weighted by Gasteiger charge is 1.97. The maximum atomic E-state index is 10.3. The van der Waals surface area contributed by atoms with Gasteiger partial charge in [-0.15, -0.1) is 0 Å². The van der Waals surface area contributed by atoms with Crippen molar-refractivity contribution in [3.8, 4) is 0 Å². The normalized spacial score (nSPS) is 10.4. The van der Waals surface area contributed by atoms with Crippen LogP contribution >= 0.6 is 0 Å². The number of hydrogen-bond donors (Lipinski definition) is 3. The number of aliphatic hydroxyl groups is 1. The van der Waals surface area contributed by atoms with E-state index in [9.17, 15) is 4.79 Å². The fraction of sp³-hybridized carbons (Fsp3) is 0.952. The zero-order chi connectivity index (χ0) is 19.0. The van der Waals surface area contributed by atoms with E-state index in [1.54, 1.807) is 0 Å². The lowest BCUT2D eigenvalue weighted by Crippen LogP contribution is -2.12. The molecular formula is C21H45NO3. The van der Waals surface area contributed by atoms with Crippen LogP contribution in [0.1, 0.15) is 117 Å². The molecule has 0 unspecified atom stereocenters. The Hall–Kier alpha value is -0.610. The summed E-state index contributed by atoms with van der Waals surface area (Å²) in [6.45, 7) is 5.15. The van der Waals surface area contributed by atoms with Crippen LogP contribution in [0.4, 0.5) is 0 Å². The molecule has 0 aliphatic carbocycles. The maximum absolute atomic E-state index is 10.3. The molecule has 0 atom stereocenters. The molecule has 152 valence electrons. The highest BCUT2D eigenvalue weighted by atomic mass is 16.4. The van der Waals surface area contributed by atoms with E-state index in [1.807, 2.05) is 6.92 Å². The largest absolute Gasteiger partial charge is 0.481 e. The molecular weight excluding hydrogens is 314 g/mol. The van der Waals surface area contributed by atoms with Crippen molar-refractivity contribution in [3.05, 3.63) is 0 Å². The second-order valence-electron chi connectivity index (χ2n) is 6.86. The van der Waals surface area contributed by atoms with Gasteiger partial charge in [-0.1, -0.05) is 104 Å². The summed E-state index contributed by atoms with van der Waals surface area (Å²) in [5.41, 5.74) is 0. The number of rotatable bonds is 18. The zero-order valence-corrected chi connectivity index (χ0v) is 17.0. The van der Waals surface area contributed by atoms with E-state index >= 15 is 0 Å². The Balaban J connectivity index is 0. The average Bonchev–Trinajstić information content (AvgIpc) is 2.59. The third kappa shape index (κ3) is 31.6. The van der Waals surface area contributed by atoms with Crippen molar-refractivity contribution in [3.63, 3.8) is 0 Å². The van der Waals surface area contributed by atoms with Crippen LogP contribution in [0.3, 0.4) is 0 Å². The summed E-state index contributed by atoms with van der Waals surface area (Å²) < 4.78 is 0. The lowest BCUT2D eigenvalue weighted by atomic mass is 10.0. The minimum atomic E-state index is -0.653. The van der Waals surface area contributed by atoms with Gasteiger partial charge in [0.2, 0.25) is 0 Å². The van der Waals surface area contributed by atoms with E-state index in [0.717, 1.165) is 19.4 Å². The zero-order valence-electron chi connectivity index (χ0n) is 17.0. The predicted molar refractivity (Wildman–Crippen MR) is 108 cm³/mol. The summed E-state index contributed by atoms with van der Waals surface area (Å²) in [5, 5.41) is 19.1. The van der Waals surface area contributed by atoms with Gasteiger partial charge < -0.3 is 10.2 Å². The van der Waals surface area contributed by atoms with Gasteiger partial charge in [-0.3, -0.25) is 10.1 Å². The standard InChI is InChI=1S/C18H36O2.C3H9NO/c1-2-3-4-5-6-7-8-9-10-11-12-13-14-15-16-17-18(19)20;1-2-4-3-5/h2-17H2,1H3,(H,19,20);4-5H,2-3H2,1H3. The summed E-state index contributed by atoms with van der Waals surface area (Å²) in [6, 6.07) is 0. The molecule has 0 radical (unpaired) electrons. The van der Waals surface area contributed by atoms with Gasteiger partial charge >= 0.3 is 5.97 Å². The first-order chi connectivity index (χ1) is 12.2. The van der Waals surface area contributed by atoms with Crippen LogP contribution in [0.15, 0.2) is 0 Å². The van der Waals surface area contributed by atoms with Crippen molar-refractivity contribution in [2.75, 3.05) is 13.3 Å². The van der Waals surface area contributed by atoms with Crippen molar-refractivity contribution in [2.45, 2.75) is 117 Å². The van der Waals surface area contributed by atoms with E-state index in [0.29, 0.717) is 6.42 Å². The van der Waals surface area contributed by atoms with Crippen molar-refractivity contribution < 1.29 is 15.0 Å². The van der Waals surface area contributed by atoms with E-state index in [1.165, 1.54) is 83.5 Å². The summed E-state index contributed by atoms with van der Waals surface area (Å²) in [7, 11) is 0. The quantitative estimate of drug-likeness (QED) is 0.211. The minimum absolute atomic E-state index is 0.0938. The lowest BCUT2D eigenvalue weighted by molar-refractivity contribution is -0.137. The molecule has 0 fully saturated rings. The molecule has 0 rings (SSSR count). The molecule has 0 aliphatic rings. The van der Waals surface area contributed by atoms with Crippen molar-refractivity contribution >= 4 is 5.97 Å². The molecule has 4 nitrogen and oxygen atoms in total. The van der Waals surface area contributed by atoms with Crippen LogP contribution in [-0.4, -0.2) is 29.5 Å². The fourth-order valence-corrected chi connectivity index (χ4v) is 2.76. The van der Waals surface area contributed by atoms with Gasteiger partial charge in [0.15, 0.2) is 0 Å². The maximum Gasteiger partial charge on any atom is 0.303 e. The summed E-state index contributed by atoms with van der Waals surface area (Å²) in [4.78, 5) is 10.3. The number of nitrogens with one attached hydrogen (secondary N) is 1. The van der Waals surface area contributed by atoms with Gasteiger partial charge in [-0.2, -0.15) is 0 Å². The van der Waals surface area contributed by atoms with Crippen LogP contribution < -0.4 is 5.32 Å². The first-order valence-corrected chi connectivity index (χ1v) is 10.7. The van der Waals surface area contributed by atoms with E-state index in [4.69, 9.17) is 10.2 Å². The van der Waals surface area contributed by atoms with Gasteiger partial charge in [-0.25, -0.2) is 0 Å². The number of unbranched alkanes of at least 4 members (excludes halogenated alkanes) is 14. The van der Waals surface area contributed by atoms with Gasteiger partial charge in [0.1, 0.15) is 0 Å². The Morgan fingerprint density at radius 3 is 1.28 bits per heavy atom. The second-order valence-corrected chi connectivity index (χ2v) is 6.86. The highest BCUT2D eigenvalue weighted by molar-refractivity contribution is 5.66. The first-order valence-electron chi connectivity index (χ1n) is 10.7. The molecule has 0 saturated carbocycles. The van der Waals surface area contributed by atoms with E-state index < -0.39 is 5.97 Å². The Bertz CT molecular complexity index is 245. The van der Waals surface area contributed by atoms with Crippen molar-refractivity contribution in [1.29, 1.82) is 0 Å².